The first kappa shape index (κ1) is 26.2. The van der Waals surface area contributed by atoms with E-state index in [9.17, 15) is 9.00 Å². The van der Waals surface area contributed by atoms with Crippen molar-refractivity contribution in [2.24, 2.45) is 0 Å². The van der Waals surface area contributed by atoms with Crippen LogP contribution in [-0.4, -0.2) is 85.2 Å². The third-order valence-corrected chi connectivity index (χ3v) is 8.16. The molecule has 1 fully saturated rings. The number of likely N-dealkylation sites (N-methyl/N-ethyl adjacent to an activating group) is 1. The van der Waals surface area contributed by atoms with Gasteiger partial charge in [-0.15, -0.1) is 0 Å². The van der Waals surface area contributed by atoms with Crippen molar-refractivity contribution in [1.29, 1.82) is 0 Å². The Labute approximate surface area is 206 Å². The average Bonchev–Trinajstić information content (AvgIpc) is 2.82. The Morgan fingerprint density at radius 3 is 2.18 bits per heavy atom. The normalized spacial score (nSPS) is 15.4. The average molecular weight is 487 g/mol. The van der Waals surface area contributed by atoms with Crippen LogP contribution in [-0.2, 0) is 22.3 Å². The topological polar surface area (TPSA) is 56.3 Å². The number of amides is 1. The van der Waals surface area contributed by atoms with Gasteiger partial charge in [-0.1, -0.05) is 12.1 Å². The lowest BCUT2D eigenvalue weighted by Crippen LogP contribution is -2.44. The van der Waals surface area contributed by atoms with E-state index in [1.165, 1.54) is 5.69 Å². The van der Waals surface area contributed by atoms with E-state index >= 15 is 0 Å². The Morgan fingerprint density at radius 2 is 1.62 bits per heavy atom. The summed E-state index contributed by atoms with van der Waals surface area (Å²) in [5, 5.41) is 0. The summed E-state index contributed by atoms with van der Waals surface area (Å²) < 4.78 is 20.1. The highest BCUT2D eigenvalue weighted by Crippen LogP contribution is 2.25. The van der Waals surface area contributed by atoms with E-state index in [1.54, 1.807) is 23.4 Å². The zero-order chi connectivity index (χ0) is 24.8. The van der Waals surface area contributed by atoms with Crippen LogP contribution in [0.15, 0.2) is 41.3 Å². The van der Waals surface area contributed by atoms with Gasteiger partial charge < -0.3 is 19.4 Å². The molecule has 0 aromatic heterocycles. The molecule has 1 heterocycles. The van der Waals surface area contributed by atoms with Crippen LogP contribution in [0.4, 0.5) is 5.69 Å². The van der Waals surface area contributed by atoms with Gasteiger partial charge in [-0.25, -0.2) is 8.51 Å². The van der Waals surface area contributed by atoms with Gasteiger partial charge in [0, 0.05) is 65.5 Å². The van der Waals surface area contributed by atoms with E-state index in [2.05, 4.69) is 41.1 Å². The van der Waals surface area contributed by atoms with E-state index in [0.717, 1.165) is 53.5 Å². The number of rotatable bonds is 9. The standard InChI is InChI=1S/C26H38N4O3S/c1-20-17-24(33-6)18-21(2)26(20)34(32)29(5)12-11-25(31)28(4)19-22-7-9-23(10-8-22)30-15-13-27(3)14-16-30/h7-10,17-18H,11-16,19H2,1-6H3. The highest BCUT2D eigenvalue weighted by molar-refractivity contribution is 7.82. The number of methoxy groups -OCH3 is 1. The molecule has 1 aliphatic heterocycles. The zero-order valence-corrected chi connectivity index (χ0v) is 22.2. The molecular formula is C26H38N4O3S. The number of ether oxygens (including phenoxy) is 1. The van der Waals surface area contributed by atoms with Crippen LogP contribution in [0.3, 0.4) is 0 Å². The van der Waals surface area contributed by atoms with Gasteiger partial charge in [-0.3, -0.25) is 4.79 Å². The maximum absolute atomic E-state index is 13.1. The monoisotopic (exact) mass is 486 g/mol. The molecule has 1 amide bonds. The lowest BCUT2D eigenvalue weighted by atomic mass is 10.1. The number of hydrogen-bond donors (Lipinski definition) is 0. The molecule has 0 saturated carbocycles. The van der Waals surface area contributed by atoms with E-state index in [1.807, 2.05) is 33.0 Å². The van der Waals surface area contributed by atoms with Crippen molar-refractivity contribution in [3.8, 4) is 5.75 Å². The largest absolute Gasteiger partial charge is 0.497 e. The molecule has 1 unspecified atom stereocenters. The Kier molecular flexibility index (Phi) is 9.10. The van der Waals surface area contributed by atoms with Crippen molar-refractivity contribution in [3.05, 3.63) is 53.1 Å². The van der Waals surface area contributed by atoms with Crippen LogP contribution in [0, 0.1) is 13.8 Å². The van der Waals surface area contributed by atoms with Crippen molar-refractivity contribution < 1.29 is 13.7 Å². The van der Waals surface area contributed by atoms with Crippen molar-refractivity contribution in [2.45, 2.75) is 31.7 Å². The third-order valence-electron chi connectivity index (χ3n) is 6.42. The predicted octanol–water partition coefficient (Wildman–Crippen LogP) is 3.07. The summed E-state index contributed by atoms with van der Waals surface area (Å²) in [6.07, 6.45) is 0.312. The summed E-state index contributed by atoms with van der Waals surface area (Å²) in [5.74, 6) is 0.793. The summed E-state index contributed by atoms with van der Waals surface area (Å²) in [4.78, 5) is 20.0. The summed E-state index contributed by atoms with van der Waals surface area (Å²) in [6, 6.07) is 12.3. The second kappa shape index (κ2) is 11.8. The number of aryl methyl sites for hydroxylation is 2. The van der Waals surface area contributed by atoms with Gasteiger partial charge >= 0.3 is 0 Å². The number of benzene rings is 2. The molecule has 2 aromatic rings. The summed E-state index contributed by atoms with van der Waals surface area (Å²) in [5.41, 5.74) is 4.19. The summed E-state index contributed by atoms with van der Waals surface area (Å²) in [7, 11) is 6.07. The molecule has 0 bridgehead atoms. The van der Waals surface area contributed by atoms with Crippen LogP contribution < -0.4 is 9.64 Å². The maximum Gasteiger partial charge on any atom is 0.223 e. The lowest BCUT2D eigenvalue weighted by molar-refractivity contribution is -0.130. The minimum absolute atomic E-state index is 0.0372. The van der Waals surface area contributed by atoms with Crippen molar-refractivity contribution >= 4 is 22.6 Å². The van der Waals surface area contributed by atoms with E-state index in [4.69, 9.17) is 4.74 Å². The summed E-state index contributed by atoms with van der Waals surface area (Å²) in [6.45, 7) is 9.09. The molecule has 8 heteroatoms. The fourth-order valence-corrected chi connectivity index (χ4v) is 5.46. The molecule has 0 radical (unpaired) electrons. The van der Waals surface area contributed by atoms with Crippen LogP contribution >= 0.6 is 0 Å². The SMILES string of the molecule is COc1cc(C)c(S(=O)N(C)CCC(=O)N(C)Cc2ccc(N3CCN(C)CC3)cc2)c(C)c1. The molecule has 2 aromatic carbocycles. The van der Waals surface area contributed by atoms with Crippen LogP contribution in [0.2, 0.25) is 0 Å². The molecule has 1 saturated heterocycles. The molecule has 1 aliphatic rings. The first-order valence-electron chi connectivity index (χ1n) is 11.7. The molecule has 3 rings (SSSR count). The first-order chi connectivity index (χ1) is 16.2. The highest BCUT2D eigenvalue weighted by atomic mass is 32.2. The number of carbonyl (C=O) groups excluding carboxylic acids is 1. The van der Waals surface area contributed by atoms with Gasteiger partial charge in [0.05, 0.1) is 12.0 Å². The Balaban J connectivity index is 1.51. The number of nitrogens with zero attached hydrogens (tertiary/aromatic N) is 4. The molecule has 7 nitrogen and oxygen atoms in total. The highest BCUT2D eigenvalue weighted by Gasteiger charge is 2.19. The smallest absolute Gasteiger partial charge is 0.223 e. The molecule has 0 N–H and O–H groups in total. The number of anilines is 1. The van der Waals surface area contributed by atoms with Crippen LogP contribution in [0.25, 0.3) is 0 Å². The first-order valence-corrected chi connectivity index (χ1v) is 12.8. The van der Waals surface area contributed by atoms with Crippen LogP contribution in [0.5, 0.6) is 5.75 Å². The van der Waals surface area contributed by atoms with E-state index in [0.29, 0.717) is 19.5 Å². The molecule has 0 spiro atoms. The number of carbonyl (C=O) groups is 1. The Hall–Kier alpha value is -2.42. The van der Waals surface area contributed by atoms with Gasteiger partial charge in [0.2, 0.25) is 5.91 Å². The fraction of sp³-hybridized carbons (Fsp3) is 0.500. The van der Waals surface area contributed by atoms with Crippen molar-refractivity contribution in [3.63, 3.8) is 0 Å². The minimum atomic E-state index is -1.34. The summed E-state index contributed by atoms with van der Waals surface area (Å²) >= 11 is 0. The van der Waals surface area contributed by atoms with Gasteiger partial charge in [0.15, 0.2) is 0 Å². The van der Waals surface area contributed by atoms with Gasteiger partial charge in [-0.2, -0.15) is 0 Å². The zero-order valence-electron chi connectivity index (χ0n) is 21.3. The molecule has 186 valence electrons. The van der Waals surface area contributed by atoms with Crippen LogP contribution in [0.1, 0.15) is 23.1 Å². The molecule has 1 atom stereocenters. The fourth-order valence-electron chi connectivity index (χ4n) is 4.23. The van der Waals surface area contributed by atoms with Gasteiger partial charge in [0.1, 0.15) is 16.7 Å². The third kappa shape index (κ3) is 6.58. The molecule has 0 aliphatic carbocycles. The van der Waals surface area contributed by atoms with E-state index < -0.39 is 11.0 Å². The molecular weight excluding hydrogens is 448 g/mol. The maximum atomic E-state index is 13.1. The quantitative estimate of drug-likeness (QED) is 0.545. The lowest BCUT2D eigenvalue weighted by Gasteiger charge is -2.34. The van der Waals surface area contributed by atoms with Crippen molar-refractivity contribution in [2.75, 3.05) is 65.9 Å². The number of piperazine rings is 1. The Morgan fingerprint density at radius 1 is 1.03 bits per heavy atom. The Bertz CT molecular complexity index is 981. The van der Waals surface area contributed by atoms with Gasteiger partial charge in [-0.05, 0) is 61.9 Å². The van der Waals surface area contributed by atoms with E-state index in [-0.39, 0.29) is 5.91 Å². The predicted molar refractivity (Wildman–Crippen MR) is 139 cm³/mol. The second-order valence-corrected chi connectivity index (χ2v) is 10.7. The van der Waals surface area contributed by atoms with Gasteiger partial charge in [0.25, 0.3) is 0 Å². The number of hydrogen-bond acceptors (Lipinski definition) is 5. The minimum Gasteiger partial charge on any atom is -0.497 e. The van der Waals surface area contributed by atoms with Crippen molar-refractivity contribution in [1.82, 2.24) is 14.1 Å². The molecule has 34 heavy (non-hydrogen) atoms. The second-order valence-electron chi connectivity index (χ2n) is 9.15.